The van der Waals surface area contributed by atoms with Crippen LogP contribution in [0, 0.1) is 6.92 Å². The first-order chi connectivity index (χ1) is 12.5. The molecule has 0 aromatic heterocycles. The zero-order chi connectivity index (χ0) is 18.7. The Bertz CT molecular complexity index is 1000. The van der Waals surface area contributed by atoms with Gasteiger partial charge in [0.15, 0.2) is 6.61 Å². The van der Waals surface area contributed by atoms with Gasteiger partial charge in [0.2, 0.25) is 0 Å². The summed E-state index contributed by atoms with van der Waals surface area (Å²) in [5, 5.41) is 14.1. The van der Waals surface area contributed by atoms with Crippen molar-refractivity contribution in [2.24, 2.45) is 0 Å². The van der Waals surface area contributed by atoms with Gasteiger partial charge in [-0.15, -0.1) is 0 Å². The molecule has 6 heteroatoms. The number of nitrogens with one attached hydrogen (secondary N) is 1. The van der Waals surface area contributed by atoms with Crippen LogP contribution in [0.2, 0.25) is 5.02 Å². The summed E-state index contributed by atoms with van der Waals surface area (Å²) < 4.78 is 5.57. The fourth-order valence-corrected chi connectivity index (χ4v) is 2.75. The highest BCUT2D eigenvalue weighted by Crippen LogP contribution is 2.30. The summed E-state index contributed by atoms with van der Waals surface area (Å²) in [5.41, 5.74) is 1.46. The second kappa shape index (κ2) is 7.45. The maximum atomic E-state index is 12.2. The highest BCUT2D eigenvalue weighted by molar-refractivity contribution is 6.31. The molecule has 3 rings (SSSR count). The summed E-state index contributed by atoms with van der Waals surface area (Å²) >= 11 is 6.04. The van der Waals surface area contributed by atoms with E-state index in [1.165, 1.54) is 6.07 Å². The molecule has 0 aliphatic carbocycles. The number of ether oxygens (including phenoxy) is 1. The van der Waals surface area contributed by atoms with Gasteiger partial charge < -0.3 is 15.2 Å². The van der Waals surface area contributed by atoms with Crippen LogP contribution in [-0.2, 0) is 4.79 Å². The highest BCUT2D eigenvalue weighted by Gasteiger charge is 2.16. The van der Waals surface area contributed by atoms with Gasteiger partial charge >= 0.3 is 5.97 Å². The monoisotopic (exact) mass is 369 g/mol. The molecule has 0 bridgehead atoms. The van der Waals surface area contributed by atoms with Gasteiger partial charge in [-0.05, 0) is 36.1 Å². The number of fused-ring (bicyclic) bond motifs is 1. The van der Waals surface area contributed by atoms with Crippen LogP contribution in [0.25, 0.3) is 10.8 Å². The number of aryl methyl sites for hydroxylation is 1. The van der Waals surface area contributed by atoms with Crippen molar-refractivity contribution >= 4 is 39.9 Å². The molecule has 2 N–H and O–H groups in total. The molecule has 0 saturated heterocycles. The predicted molar refractivity (Wildman–Crippen MR) is 101 cm³/mol. The topological polar surface area (TPSA) is 75.6 Å². The Hall–Kier alpha value is -3.05. The smallest absolute Gasteiger partial charge is 0.339 e. The summed E-state index contributed by atoms with van der Waals surface area (Å²) in [6, 6.07) is 15.6. The van der Waals surface area contributed by atoms with Crippen LogP contribution in [-0.4, -0.2) is 23.6 Å². The molecule has 3 aromatic rings. The normalized spacial score (nSPS) is 10.5. The fraction of sp³-hybridized carbons (Fsp3) is 0.100. The van der Waals surface area contributed by atoms with Crippen molar-refractivity contribution in [3.05, 3.63) is 70.7 Å². The Kier molecular flexibility index (Phi) is 5.09. The first kappa shape index (κ1) is 17.8. The molecule has 3 aromatic carbocycles. The van der Waals surface area contributed by atoms with Crippen LogP contribution in [0.5, 0.6) is 5.75 Å². The molecular weight excluding hydrogens is 354 g/mol. The van der Waals surface area contributed by atoms with Crippen LogP contribution < -0.4 is 10.1 Å². The minimum Gasteiger partial charge on any atom is -0.482 e. The van der Waals surface area contributed by atoms with Gasteiger partial charge in [0.05, 0.1) is 0 Å². The Morgan fingerprint density at radius 1 is 1.12 bits per heavy atom. The summed E-state index contributed by atoms with van der Waals surface area (Å²) in [6.45, 7) is 1.55. The maximum absolute atomic E-state index is 12.2. The number of carboxylic acids is 1. The molecule has 0 fully saturated rings. The minimum absolute atomic E-state index is 0.00915. The molecule has 5 nitrogen and oxygen atoms in total. The maximum Gasteiger partial charge on any atom is 0.339 e. The Morgan fingerprint density at radius 2 is 1.88 bits per heavy atom. The van der Waals surface area contributed by atoms with Crippen LogP contribution >= 0.6 is 11.6 Å². The van der Waals surface area contributed by atoms with Crippen LogP contribution in [0.4, 0.5) is 5.69 Å². The Labute approximate surface area is 155 Å². The van der Waals surface area contributed by atoms with Gasteiger partial charge in [-0.2, -0.15) is 0 Å². The number of anilines is 1. The molecule has 0 saturated carbocycles. The van der Waals surface area contributed by atoms with E-state index >= 15 is 0 Å². The number of hydrogen-bond acceptors (Lipinski definition) is 3. The van der Waals surface area contributed by atoms with Crippen molar-refractivity contribution in [2.75, 3.05) is 11.9 Å². The second-order valence-electron chi connectivity index (χ2n) is 5.77. The quantitative estimate of drug-likeness (QED) is 0.693. The van der Waals surface area contributed by atoms with E-state index in [0.717, 1.165) is 10.9 Å². The van der Waals surface area contributed by atoms with E-state index in [9.17, 15) is 14.7 Å². The molecule has 0 unspecified atom stereocenters. The molecule has 0 spiro atoms. The summed E-state index contributed by atoms with van der Waals surface area (Å²) in [6.07, 6.45) is 0. The standard InChI is InChI=1S/C20H16ClNO4/c1-12-6-8-14(10-17(12)21)22-18(23)11-26-19-15-5-3-2-4-13(15)7-9-16(19)20(24)25/h2-10H,11H2,1H3,(H,22,23)(H,24,25). The van der Waals surface area contributed by atoms with Gasteiger partial charge in [-0.3, -0.25) is 4.79 Å². The SMILES string of the molecule is Cc1ccc(NC(=O)COc2c(C(=O)O)ccc3ccccc23)cc1Cl. The largest absolute Gasteiger partial charge is 0.482 e. The van der Waals surface area contributed by atoms with Gasteiger partial charge in [-0.25, -0.2) is 4.79 Å². The molecular formula is C20H16ClNO4. The molecule has 0 aliphatic rings. The lowest BCUT2D eigenvalue weighted by Gasteiger charge is -2.13. The third-order valence-corrected chi connectivity index (χ3v) is 4.32. The molecule has 0 radical (unpaired) electrons. The minimum atomic E-state index is -1.11. The van der Waals surface area contributed by atoms with E-state index in [1.54, 1.807) is 36.4 Å². The van der Waals surface area contributed by atoms with Crippen LogP contribution in [0.1, 0.15) is 15.9 Å². The summed E-state index contributed by atoms with van der Waals surface area (Å²) in [5.74, 6) is -1.35. The Balaban J connectivity index is 1.80. The molecule has 0 aliphatic heterocycles. The lowest BCUT2D eigenvalue weighted by atomic mass is 10.1. The number of amides is 1. The van der Waals surface area contributed by atoms with Gasteiger partial charge in [0.25, 0.3) is 5.91 Å². The van der Waals surface area contributed by atoms with Crippen molar-refractivity contribution in [3.63, 3.8) is 0 Å². The van der Waals surface area contributed by atoms with E-state index in [0.29, 0.717) is 16.1 Å². The van der Waals surface area contributed by atoms with Crippen molar-refractivity contribution in [3.8, 4) is 5.75 Å². The zero-order valence-corrected chi connectivity index (χ0v) is 14.7. The highest BCUT2D eigenvalue weighted by atomic mass is 35.5. The van der Waals surface area contributed by atoms with E-state index < -0.39 is 11.9 Å². The number of carboxylic acid groups (broad SMARTS) is 1. The lowest BCUT2D eigenvalue weighted by Crippen LogP contribution is -2.21. The number of hydrogen-bond donors (Lipinski definition) is 2. The van der Waals surface area contributed by atoms with Crippen molar-refractivity contribution < 1.29 is 19.4 Å². The average molecular weight is 370 g/mol. The van der Waals surface area contributed by atoms with Gasteiger partial charge in [-0.1, -0.05) is 48.0 Å². The van der Waals surface area contributed by atoms with E-state index in [-0.39, 0.29) is 17.9 Å². The molecule has 0 heterocycles. The molecule has 1 amide bonds. The van der Waals surface area contributed by atoms with Gasteiger partial charge in [0, 0.05) is 16.1 Å². The van der Waals surface area contributed by atoms with E-state index in [4.69, 9.17) is 16.3 Å². The number of aromatic carboxylic acids is 1. The van der Waals surface area contributed by atoms with Crippen molar-refractivity contribution in [2.45, 2.75) is 6.92 Å². The fourth-order valence-electron chi connectivity index (χ4n) is 2.57. The molecule has 26 heavy (non-hydrogen) atoms. The predicted octanol–water partition coefficient (Wildman–Crippen LogP) is 4.52. The van der Waals surface area contributed by atoms with Crippen LogP contribution in [0.3, 0.4) is 0 Å². The second-order valence-corrected chi connectivity index (χ2v) is 6.18. The number of carbonyl (C=O) groups is 2. The summed E-state index contributed by atoms with van der Waals surface area (Å²) in [4.78, 5) is 23.6. The number of rotatable bonds is 5. The first-order valence-electron chi connectivity index (χ1n) is 7.89. The summed E-state index contributed by atoms with van der Waals surface area (Å²) in [7, 11) is 0. The zero-order valence-electron chi connectivity index (χ0n) is 14.0. The van der Waals surface area contributed by atoms with E-state index in [2.05, 4.69) is 5.32 Å². The van der Waals surface area contributed by atoms with Crippen LogP contribution in [0.15, 0.2) is 54.6 Å². The third kappa shape index (κ3) is 3.78. The van der Waals surface area contributed by atoms with E-state index in [1.807, 2.05) is 19.1 Å². The van der Waals surface area contributed by atoms with Crippen molar-refractivity contribution in [1.82, 2.24) is 0 Å². The average Bonchev–Trinajstić information content (AvgIpc) is 2.62. The number of carbonyl (C=O) groups excluding carboxylic acids is 1. The lowest BCUT2D eigenvalue weighted by molar-refractivity contribution is -0.118. The van der Waals surface area contributed by atoms with Gasteiger partial charge in [0.1, 0.15) is 11.3 Å². The molecule has 132 valence electrons. The third-order valence-electron chi connectivity index (χ3n) is 3.91. The molecule has 0 atom stereocenters. The Morgan fingerprint density at radius 3 is 2.62 bits per heavy atom. The number of halogens is 1. The number of benzene rings is 3. The van der Waals surface area contributed by atoms with Crippen molar-refractivity contribution in [1.29, 1.82) is 0 Å². The first-order valence-corrected chi connectivity index (χ1v) is 8.27.